The van der Waals surface area contributed by atoms with Crippen LogP contribution in [0.5, 0.6) is 0 Å². The Morgan fingerprint density at radius 1 is 1.07 bits per heavy atom. The lowest BCUT2D eigenvalue weighted by molar-refractivity contribution is 0.0874. The van der Waals surface area contributed by atoms with Crippen LogP contribution in [0.3, 0.4) is 0 Å². The van der Waals surface area contributed by atoms with Gasteiger partial charge >= 0.3 is 0 Å². The fraction of sp³-hybridized carbons (Fsp3) is 0.316. The van der Waals surface area contributed by atoms with Crippen molar-refractivity contribution in [2.24, 2.45) is 0 Å². The number of aryl methyl sites for hydroxylation is 1. The van der Waals surface area contributed by atoms with E-state index in [0.29, 0.717) is 18.0 Å². The van der Waals surface area contributed by atoms with Crippen LogP contribution in [0, 0.1) is 6.92 Å². The molecule has 28 heavy (non-hydrogen) atoms. The molecule has 2 unspecified atom stereocenters. The Kier molecular flexibility index (Phi) is 3.95. The summed E-state index contributed by atoms with van der Waals surface area (Å²) in [6.07, 6.45) is 5.97. The van der Waals surface area contributed by atoms with Gasteiger partial charge in [0, 0.05) is 49.3 Å². The van der Waals surface area contributed by atoms with Crippen LogP contribution in [0.2, 0.25) is 0 Å². The second kappa shape index (κ2) is 6.39. The lowest BCUT2D eigenvalue weighted by Gasteiger charge is -2.55. The first-order valence-corrected chi connectivity index (χ1v) is 10.6. The van der Waals surface area contributed by atoms with Gasteiger partial charge in [0.25, 0.3) is 0 Å². The molecule has 3 fully saturated rings. The molecule has 3 aliphatic heterocycles. The van der Waals surface area contributed by atoms with Gasteiger partial charge in [-0.2, -0.15) is 9.40 Å². The third-order valence-corrected chi connectivity index (χ3v) is 7.44. The molecular formula is C19H20N6O2S. The van der Waals surface area contributed by atoms with Crippen molar-refractivity contribution in [3.63, 3.8) is 0 Å². The van der Waals surface area contributed by atoms with Crippen LogP contribution < -0.4 is 4.90 Å². The summed E-state index contributed by atoms with van der Waals surface area (Å²) in [6, 6.07) is 10.6. The van der Waals surface area contributed by atoms with Gasteiger partial charge in [-0.3, -0.25) is 0 Å². The molecule has 0 saturated carbocycles. The van der Waals surface area contributed by atoms with Crippen LogP contribution in [0.1, 0.15) is 12.1 Å². The molecule has 3 aliphatic rings. The summed E-state index contributed by atoms with van der Waals surface area (Å²) in [6.45, 7) is 3.23. The maximum atomic E-state index is 13.2. The Hall–Kier alpha value is -2.78. The topological polar surface area (TPSA) is 84.2 Å². The van der Waals surface area contributed by atoms with E-state index in [1.807, 2.05) is 25.3 Å². The van der Waals surface area contributed by atoms with Gasteiger partial charge in [0.05, 0.1) is 10.6 Å². The average molecular weight is 396 g/mol. The number of anilines is 1. The molecule has 2 aromatic heterocycles. The molecule has 0 spiro atoms. The lowest BCUT2D eigenvalue weighted by Crippen LogP contribution is -2.70. The highest BCUT2D eigenvalue weighted by Crippen LogP contribution is 2.38. The fourth-order valence-electron chi connectivity index (χ4n) is 4.08. The van der Waals surface area contributed by atoms with Gasteiger partial charge in [0.2, 0.25) is 10.0 Å². The normalized spacial score (nSPS) is 22.1. The zero-order valence-electron chi connectivity index (χ0n) is 15.4. The Morgan fingerprint density at radius 3 is 2.46 bits per heavy atom. The monoisotopic (exact) mass is 396 g/mol. The van der Waals surface area contributed by atoms with Crippen LogP contribution in [0.15, 0.2) is 60.0 Å². The molecule has 3 saturated heterocycles. The number of hydrogen-bond donors (Lipinski definition) is 0. The van der Waals surface area contributed by atoms with Gasteiger partial charge in [-0.05, 0) is 43.7 Å². The highest BCUT2D eigenvalue weighted by atomic mass is 32.2. The smallest absolute Gasteiger partial charge is 0.243 e. The minimum absolute atomic E-state index is 0.0233. The summed E-state index contributed by atoms with van der Waals surface area (Å²) in [5.41, 5.74) is 1.74. The molecule has 1 aromatic carbocycles. The maximum Gasteiger partial charge on any atom is 0.243 e. The van der Waals surface area contributed by atoms with E-state index in [0.717, 1.165) is 23.6 Å². The van der Waals surface area contributed by atoms with Gasteiger partial charge < -0.3 is 4.90 Å². The molecule has 9 heteroatoms. The van der Waals surface area contributed by atoms with Gasteiger partial charge in [-0.15, -0.1) is 0 Å². The number of fused-ring (bicyclic) bond motifs is 2. The van der Waals surface area contributed by atoms with Crippen LogP contribution in [0.25, 0.3) is 5.69 Å². The number of rotatable bonds is 4. The van der Waals surface area contributed by atoms with Crippen LogP contribution >= 0.6 is 0 Å². The second-order valence-corrected chi connectivity index (χ2v) is 9.09. The van der Waals surface area contributed by atoms with Gasteiger partial charge in [-0.1, -0.05) is 0 Å². The fourth-order valence-corrected chi connectivity index (χ4v) is 5.90. The number of aromatic nitrogens is 4. The number of piperazine rings is 1. The first kappa shape index (κ1) is 17.3. The summed E-state index contributed by atoms with van der Waals surface area (Å²) in [7, 11) is -3.52. The van der Waals surface area contributed by atoms with E-state index < -0.39 is 10.0 Å². The van der Waals surface area contributed by atoms with E-state index in [-0.39, 0.29) is 12.1 Å². The zero-order valence-corrected chi connectivity index (χ0v) is 16.2. The molecule has 3 aromatic rings. The summed E-state index contributed by atoms with van der Waals surface area (Å²) >= 11 is 0. The van der Waals surface area contributed by atoms with E-state index in [4.69, 9.17) is 0 Å². The van der Waals surface area contributed by atoms with Crippen molar-refractivity contribution in [2.45, 2.75) is 30.3 Å². The SMILES string of the molecule is Cc1cc(N2CC3CC(C2)N3S(=O)(=O)c2ccc(-n3cccn3)cc2)ncn1. The predicted molar refractivity (Wildman–Crippen MR) is 104 cm³/mol. The van der Waals surface area contributed by atoms with Crippen molar-refractivity contribution in [3.05, 3.63) is 60.8 Å². The number of nitrogens with zero attached hydrogens (tertiary/aromatic N) is 6. The molecule has 8 nitrogen and oxygen atoms in total. The molecule has 5 heterocycles. The summed E-state index contributed by atoms with van der Waals surface area (Å²) < 4.78 is 29.7. The summed E-state index contributed by atoms with van der Waals surface area (Å²) in [5, 5.41) is 4.17. The highest BCUT2D eigenvalue weighted by Gasteiger charge is 2.51. The standard InChI is InChI=1S/C19H20N6O2S/c1-14-9-19(21-13-20-14)23-11-16-10-17(12-23)25(16)28(26,27)18-5-3-15(4-6-18)24-8-2-7-22-24/h2-9,13,16-17H,10-12H2,1H3. The number of sulfonamides is 1. The van der Waals surface area contributed by atoms with Gasteiger partial charge in [0.15, 0.2) is 0 Å². The minimum atomic E-state index is -3.52. The van der Waals surface area contributed by atoms with Crippen molar-refractivity contribution in [3.8, 4) is 5.69 Å². The third kappa shape index (κ3) is 2.78. The average Bonchev–Trinajstić information content (AvgIpc) is 3.23. The summed E-state index contributed by atoms with van der Waals surface area (Å²) in [4.78, 5) is 10.9. The third-order valence-electron chi connectivity index (χ3n) is 5.42. The molecule has 0 aliphatic carbocycles. The van der Waals surface area contributed by atoms with E-state index >= 15 is 0 Å². The van der Waals surface area contributed by atoms with E-state index in [1.165, 1.54) is 0 Å². The number of piperidine rings is 1. The largest absolute Gasteiger partial charge is 0.353 e. The molecule has 144 valence electrons. The van der Waals surface area contributed by atoms with E-state index in [2.05, 4.69) is 20.0 Å². The van der Waals surface area contributed by atoms with Crippen molar-refractivity contribution in [1.82, 2.24) is 24.1 Å². The zero-order chi connectivity index (χ0) is 19.3. The van der Waals surface area contributed by atoms with Crippen molar-refractivity contribution >= 4 is 15.8 Å². The van der Waals surface area contributed by atoms with Gasteiger partial charge in [0.1, 0.15) is 12.1 Å². The lowest BCUT2D eigenvalue weighted by atomic mass is 9.91. The Labute approximate surface area is 163 Å². The van der Waals surface area contributed by atoms with Crippen molar-refractivity contribution in [2.75, 3.05) is 18.0 Å². The Morgan fingerprint density at radius 2 is 1.82 bits per heavy atom. The van der Waals surface area contributed by atoms with E-state index in [1.54, 1.807) is 45.8 Å². The van der Waals surface area contributed by atoms with Crippen LogP contribution in [0.4, 0.5) is 5.82 Å². The molecule has 0 radical (unpaired) electrons. The molecule has 0 N–H and O–H groups in total. The number of benzene rings is 1. The van der Waals surface area contributed by atoms with Crippen molar-refractivity contribution < 1.29 is 8.42 Å². The first-order chi connectivity index (χ1) is 13.5. The molecule has 2 bridgehead atoms. The Balaban J connectivity index is 1.36. The van der Waals surface area contributed by atoms with E-state index in [9.17, 15) is 8.42 Å². The quantitative estimate of drug-likeness (QED) is 0.666. The maximum absolute atomic E-state index is 13.2. The first-order valence-electron chi connectivity index (χ1n) is 9.19. The summed E-state index contributed by atoms with van der Waals surface area (Å²) in [5.74, 6) is 0.864. The van der Waals surface area contributed by atoms with Crippen molar-refractivity contribution in [1.29, 1.82) is 0 Å². The van der Waals surface area contributed by atoms with Gasteiger partial charge in [-0.25, -0.2) is 23.1 Å². The minimum Gasteiger partial charge on any atom is -0.353 e. The predicted octanol–water partition coefficient (Wildman–Crippen LogP) is 1.62. The number of hydrogen-bond acceptors (Lipinski definition) is 6. The molecular weight excluding hydrogens is 376 g/mol. The second-order valence-electron chi connectivity index (χ2n) is 7.25. The van der Waals surface area contributed by atoms with Crippen LogP contribution in [-0.2, 0) is 10.0 Å². The molecule has 0 amide bonds. The molecule has 6 rings (SSSR count). The van der Waals surface area contributed by atoms with Crippen LogP contribution in [-0.4, -0.2) is 57.6 Å². The molecule has 2 atom stereocenters. The highest BCUT2D eigenvalue weighted by molar-refractivity contribution is 7.89. The Bertz CT molecular complexity index is 1090.